The molecular formula is C22H22O11. The summed E-state index contributed by atoms with van der Waals surface area (Å²) in [6.07, 6.45) is -6.52. The van der Waals surface area contributed by atoms with Gasteiger partial charge >= 0.3 is 0 Å². The van der Waals surface area contributed by atoms with Gasteiger partial charge in [-0.3, -0.25) is 4.79 Å². The average molecular weight is 462 g/mol. The molecule has 3 aromatic rings. The molecule has 0 spiro atoms. The molecule has 176 valence electrons. The summed E-state index contributed by atoms with van der Waals surface area (Å²) in [6.45, 7) is 3.06. The molecule has 2 aromatic carbocycles. The normalized spacial score (nSPS) is 25.3. The van der Waals surface area contributed by atoms with Gasteiger partial charge in [0.05, 0.1) is 11.5 Å². The Kier molecular flexibility index (Phi) is 5.58. The maximum atomic E-state index is 12.8. The van der Waals surface area contributed by atoms with Gasteiger partial charge < -0.3 is 49.6 Å². The van der Waals surface area contributed by atoms with Gasteiger partial charge in [0.25, 0.3) is 0 Å². The summed E-state index contributed by atoms with van der Waals surface area (Å²) in [5.74, 6) is -3.23. The first-order chi connectivity index (χ1) is 15.5. The van der Waals surface area contributed by atoms with Crippen molar-refractivity contribution in [3.05, 3.63) is 40.1 Å². The molecular weight excluding hydrogens is 440 g/mol. The molecule has 1 fully saturated rings. The number of rotatable bonds is 3. The van der Waals surface area contributed by atoms with E-state index >= 15 is 0 Å². The topological polar surface area (TPSA) is 190 Å². The monoisotopic (exact) mass is 462 g/mol. The van der Waals surface area contributed by atoms with Crippen LogP contribution in [-0.4, -0.2) is 66.5 Å². The van der Waals surface area contributed by atoms with E-state index < -0.39 is 59.1 Å². The van der Waals surface area contributed by atoms with E-state index in [1.54, 1.807) is 6.92 Å². The van der Waals surface area contributed by atoms with E-state index in [1.165, 1.54) is 19.1 Å². The number of aryl methyl sites for hydroxylation is 1. The largest absolute Gasteiger partial charge is 0.504 e. The number of hydrogen-bond acceptors (Lipinski definition) is 11. The fraction of sp³-hybridized carbons (Fsp3) is 0.318. The van der Waals surface area contributed by atoms with E-state index in [0.29, 0.717) is 5.56 Å². The van der Waals surface area contributed by atoms with Crippen LogP contribution in [0.25, 0.3) is 22.3 Å². The highest BCUT2D eigenvalue weighted by Crippen LogP contribution is 2.41. The van der Waals surface area contributed by atoms with Crippen molar-refractivity contribution >= 4 is 11.0 Å². The minimum absolute atomic E-state index is 0.0322. The van der Waals surface area contributed by atoms with Crippen molar-refractivity contribution in [1.29, 1.82) is 0 Å². The predicted octanol–water partition coefficient (Wildman–Crippen LogP) is 0.797. The zero-order chi connectivity index (χ0) is 24.2. The predicted molar refractivity (Wildman–Crippen MR) is 112 cm³/mol. The fourth-order valence-electron chi connectivity index (χ4n) is 3.72. The molecule has 1 aromatic heterocycles. The van der Waals surface area contributed by atoms with Gasteiger partial charge in [-0.2, -0.15) is 0 Å². The Balaban J connectivity index is 1.80. The van der Waals surface area contributed by atoms with E-state index in [4.69, 9.17) is 13.9 Å². The Bertz CT molecular complexity index is 1260. The molecule has 11 nitrogen and oxygen atoms in total. The van der Waals surface area contributed by atoms with E-state index in [0.717, 1.165) is 12.1 Å². The van der Waals surface area contributed by atoms with Gasteiger partial charge in [-0.1, -0.05) is 0 Å². The summed E-state index contributed by atoms with van der Waals surface area (Å²) in [5.41, 5.74) is -0.550. The lowest BCUT2D eigenvalue weighted by Gasteiger charge is -2.38. The van der Waals surface area contributed by atoms with Crippen molar-refractivity contribution in [2.75, 3.05) is 0 Å². The van der Waals surface area contributed by atoms with E-state index in [1.807, 2.05) is 0 Å². The molecule has 7 N–H and O–H groups in total. The Morgan fingerprint density at radius 1 is 0.879 bits per heavy atom. The molecule has 33 heavy (non-hydrogen) atoms. The highest BCUT2D eigenvalue weighted by Gasteiger charge is 2.43. The van der Waals surface area contributed by atoms with E-state index in [2.05, 4.69) is 0 Å². The first-order valence-electron chi connectivity index (χ1n) is 9.91. The van der Waals surface area contributed by atoms with Crippen LogP contribution in [0.2, 0.25) is 0 Å². The zero-order valence-electron chi connectivity index (χ0n) is 17.5. The number of aromatic hydroxyl groups is 4. The molecule has 2 unspecified atom stereocenters. The molecule has 0 bridgehead atoms. The summed E-state index contributed by atoms with van der Waals surface area (Å²) in [4.78, 5) is 12.8. The van der Waals surface area contributed by atoms with Crippen LogP contribution < -0.4 is 10.2 Å². The first kappa shape index (κ1) is 22.7. The van der Waals surface area contributed by atoms with Crippen LogP contribution in [-0.2, 0) is 4.74 Å². The van der Waals surface area contributed by atoms with Gasteiger partial charge in [0.15, 0.2) is 23.0 Å². The Morgan fingerprint density at radius 2 is 1.52 bits per heavy atom. The fourth-order valence-corrected chi connectivity index (χ4v) is 3.72. The molecule has 1 aliphatic heterocycles. The van der Waals surface area contributed by atoms with Crippen molar-refractivity contribution in [3.63, 3.8) is 0 Å². The number of benzene rings is 2. The maximum absolute atomic E-state index is 12.8. The van der Waals surface area contributed by atoms with Crippen LogP contribution in [0.15, 0.2) is 33.5 Å². The lowest BCUT2D eigenvalue weighted by Crippen LogP contribution is -2.58. The Hall–Kier alpha value is -3.51. The Morgan fingerprint density at radius 3 is 2.15 bits per heavy atom. The van der Waals surface area contributed by atoms with Crippen molar-refractivity contribution in [2.24, 2.45) is 0 Å². The maximum Gasteiger partial charge on any atom is 0.235 e. The molecule has 1 aliphatic rings. The van der Waals surface area contributed by atoms with Gasteiger partial charge in [-0.05, 0) is 37.6 Å². The molecule has 0 amide bonds. The van der Waals surface area contributed by atoms with Gasteiger partial charge in [-0.15, -0.1) is 0 Å². The molecule has 5 atom stereocenters. The molecule has 11 heteroatoms. The number of ether oxygens (including phenoxy) is 2. The lowest BCUT2D eigenvalue weighted by atomic mass is 10.00. The zero-order valence-corrected chi connectivity index (χ0v) is 17.5. The molecule has 0 aliphatic carbocycles. The first-order valence-corrected chi connectivity index (χ1v) is 9.91. The SMILES string of the molecule is Cc1cc(OC2O[C@@H](C)C(O)[C@@H](O)[C@H]2O)cc2oc(-c3cc(O)c(O)c(O)c3)c(O)c(=O)c12. The van der Waals surface area contributed by atoms with E-state index in [-0.39, 0.29) is 28.0 Å². The third-order valence-corrected chi connectivity index (χ3v) is 5.53. The highest BCUT2D eigenvalue weighted by molar-refractivity contribution is 5.86. The quantitative estimate of drug-likeness (QED) is 0.272. The van der Waals surface area contributed by atoms with Crippen molar-refractivity contribution in [2.45, 2.75) is 44.6 Å². The minimum Gasteiger partial charge on any atom is -0.504 e. The Labute approximate surface area is 185 Å². The van der Waals surface area contributed by atoms with E-state index in [9.17, 15) is 40.5 Å². The van der Waals surface area contributed by atoms with Gasteiger partial charge in [0.2, 0.25) is 17.5 Å². The number of hydrogen-bond donors (Lipinski definition) is 7. The van der Waals surface area contributed by atoms with Crippen LogP contribution in [0.1, 0.15) is 12.5 Å². The van der Waals surface area contributed by atoms with Crippen LogP contribution in [0, 0.1) is 6.92 Å². The van der Waals surface area contributed by atoms with Crippen molar-refractivity contribution < 1.29 is 49.6 Å². The number of fused-ring (bicyclic) bond motifs is 1. The molecule has 0 radical (unpaired) electrons. The van der Waals surface area contributed by atoms with Crippen LogP contribution >= 0.6 is 0 Å². The van der Waals surface area contributed by atoms with Crippen molar-refractivity contribution in [1.82, 2.24) is 0 Å². The summed E-state index contributed by atoms with van der Waals surface area (Å²) in [6, 6.07) is 4.72. The third kappa shape index (κ3) is 3.80. The molecule has 4 rings (SSSR count). The van der Waals surface area contributed by atoms with Gasteiger partial charge in [-0.25, -0.2) is 0 Å². The standard InChI is InChI=1S/C22H22O11/c1-7-3-10(32-22-20(30)18(28)15(25)8(2)31-22)6-13-14(7)17(27)19(29)21(33-13)9-4-11(23)16(26)12(24)5-9/h3-6,8,15,18,20,22-26,28-30H,1-2H3/t8-,15?,18+,20+,22?/m0/s1. The lowest BCUT2D eigenvalue weighted by molar-refractivity contribution is -0.268. The molecule has 2 heterocycles. The third-order valence-electron chi connectivity index (χ3n) is 5.53. The number of aliphatic hydroxyl groups is 3. The van der Waals surface area contributed by atoms with Crippen LogP contribution in [0.3, 0.4) is 0 Å². The van der Waals surface area contributed by atoms with Crippen LogP contribution in [0.4, 0.5) is 0 Å². The highest BCUT2D eigenvalue weighted by atomic mass is 16.7. The summed E-state index contributed by atoms with van der Waals surface area (Å²) < 4.78 is 16.7. The second kappa shape index (κ2) is 8.12. The van der Waals surface area contributed by atoms with Crippen molar-refractivity contribution in [3.8, 4) is 40.1 Å². The van der Waals surface area contributed by atoms with Crippen LogP contribution in [0.5, 0.6) is 28.7 Å². The average Bonchev–Trinajstić information content (AvgIpc) is 2.76. The smallest absolute Gasteiger partial charge is 0.235 e. The second-order valence-corrected chi connectivity index (χ2v) is 7.88. The summed E-state index contributed by atoms with van der Waals surface area (Å²) in [5, 5.41) is 69.5. The van der Waals surface area contributed by atoms with Gasteiger partial charge in [0.1, 0.15) is 29.6 Å². The second-order valence-electron chi connectivity index (χ2n) is 7.88. The number of phenols is 3. The summed E-state index contributed by atoms with van der Waals surface area (Å²) >= 11 is 0. The number of aliphatic hydroxyl groups excluding tert-OH is 3. The molecule has 1 saturated heterocycles. The summed E-state index contributed by atoms with van der Waals surface area (Å²) in [7, 11) is 0. The van der Waals surface area contributed by atoms with Gasteiger partial charge in [0, 0.05) is 11.6 Å². The minimum atomic E-state index is -1.56. The number of phenolic OH excluding ortho intramolecular Hbond substituents is 3. The molecule has 0 saturated carbocycles.